The van der Waals surface area contributed by atoms with Gasteiger partial charge in [0.15, 0.2) is 0 Å². The van der Waals surface area contributed by atoms with E-state index in [9.17, 15) is 4.79 Å². The normalized spacial score (nSPS) is 19.4. The molecule has 1 fully saturated rings. The summed E-state index contributed by atoms with van der Waals surface area (Å²) in [6, 6.07) is 7.42. The summed E-state index contributed by atoms with van der Waals surface area (Å²) in [7, 11) is 1.38. The molecule has 1 aromatic carbocycles. The molecule has 0 aliphatic carbocycles. The lowest BCUT2D eigenvalue weighted by molar-refractivity contribution is 0.0601. The Kier molecular flexibility index (Phi) is 3.64. The summed E-state index contributed by atoms with van der Waals surface area (Å²) < 4.78 is 4.70. The van der Waals surface area contributed by atoms with Crippen LogP contribution in [0, 0.1) is 5.92 Å². The summed E-state index contributed by atoms with van der Waals surface area (Å²) in [5.74, 6) is 0.0292. The zero-order valence-corrected chi connectivity index (χ0v) is 9.93. The van der Waals surface area contributed by atoms with E-state index >= 15 is 0 Å². The fourth-order valence-corrected chi connectivity index (χ4v) is 2.16. The highest BCUT2D eigenvalue weighted by Gasteiger charge is 2.22. The van der Waals surface area contributed by atoms with Gasteiger partial charge in [0.1, 0.15) is 0 Å². The van der Waals surface area contributed by atoms with Gasteiger partial charge >= 0.3 is 5.97 Å². The van der Waals surface area contributed by atoms with E-state index < -0.39 is 0 Å². The molecule has 1 heterocycles. The number of hydrogen-bond donors (Lipinski definition) is 1. The monoisotopic (exact) mass is 235 g/mol. The maximum Gasteiger partial charge on any atom is 0.337 e. The second kappa shape index (κ2) is 5.19. The molecule has 1 atom stereocenters. The fraction of sp³-hybridized carbons (Fsp3) is 0.462. The number of carbonyl (C=O) groups excluding carboxylic acids is 1. The van der Waals surface area contributed by atoms with E-state index in [1.807, 2.05) is 18.2 Å². The topological polar surface area (TPSA) is 49.8 Å². The molecule has 92 valence electrons. The predicted molar refractivity (Wildman–Crippen MR) is 65.2 cm³/mol. The van der Waals surface area contributed by atoms with Gasteiger partial charge in [-0.15, -0.1) is 0 Å². The first-order valence-electron chi connectivity index (χ1n) is 5.78. The molecular weight excluding hydrogens is 218 g/mol. The molecule has 1 N–H and O–H groups in total. The Labute approximate surface area is 101 Å². The maximum absolute atomic E-state index is 11.4. The highest BCUT2D eigenvalue weighted by molar-refractivity contribution is 5.90. The molecule has 1 aromatic rings. The van der Waals surface area contributed by atoms with Crippen LogP contribution in [0.5, 0.6) is 0 Å². The van der Waals surface area contributed by atoms with Crippen LogP contribution in [0.2, 0.25) is 0 Å². The van der Waals surface area contributed by atoms with Crippen molar-refractivity contribution in [3.8, 4) is 0 Å². The quantitative estimate of drug-likeness (QED) is 0.802. The zero-order chi connectivity index (χ0) is 12.3. The van der Waals surface area contributed by atoms with Gasteiger partial charge < -0.3 is 14.7 Å². The molecule has 0 aromatic heterocycles. The summed E-state index contributed by atoms with van der Waals surface area (Å²) in [5, 5.41) is 9.11. The Bertz CT molecular complexity index is 405. The van der Waals surface area contributed by atoms with Crippen molar-refractivity contribution >= 4 is 11.7 Å². The largest absolute Gasteiger partial charge is 0.465 e. The van der Waals surface area contributed by atoms with Crippen molar-refractivity contribution in [2.45, 2.75) is 6.42 Å². The highest BCUT2D eigenvalue weighted by atomic mass is 16.5. The third kappa shape index (κ3) is 2.58. The van der Waals surface area contributed by atoms with Gasteiger partial charge in [0.05, 0.1) is 12.7 Å². The van der Waals surface area contributed by atoms with Crippen LogP contribution in [0.15, 0.2) is 24.3 Å². The molecule has 4 heteroatoms. The van der Waals surface area contributed by atoms with Gasteiger partial charge in [-0.3, -0.25) is 0 Å². The van der Waals surface area contributed by atoms with Crippen molar-refractivity contribution in [3.63, 3.8) is 0 Å². The van der Waals surface area contributed by atoms with Crippen molar-refractivity contribution < 1.29 is 14.6 Å². The van der Waals surface area contributed by atoms with Crippen molar-refractivity contribution in [2.75, 3.05) is 31.7 Å². The molecule has 0 saturated carbocycles. The lowest BCUT2D eigenvalue weighted by Crippen LogP contribution is -2.20. The third-order valence-corrected chi connectivity index (χ3v) is 3.18. The molecule has 0 radical (unpaired) electrons. The number of esters is 1. The molecule has 0 bridgehead atoms. The second-order valence-corrected chi connectivity index (χ2v) is 4.33. The SMILES string of the molecule is COC(=O)c1cccc(N2CCC(CO)C2)c1. The summed E-state index contributed by atoms with van der Waals surface area (Å²) >= 11 is 0. The smallest absolute Gasteiger partial charge is 0.337 e. The molecular formula is C13H17NO3. The average Bonchev–Trinajstić information content (AvgIpc) is 2.86. The molecule has 1 saturated heterocycles. The van der Waals surface area contributed by atoms with Crippen molar-refractivity contribution in [1.82, 2.24) is 0 Å². The van der Waals surface area contributed by atoms with Crippen LogP contribution in [-0.2, 0) is 4.74 Å². The fourth-order valence-electron chi connectivity index (χ4n) is 2.16. The number of carbonyl (C=O) groups is 1. The third-order valence-electron chi connectivity index (χ3n) is 3.18. The Morgan fingerprint density at radius 3 is 3.06 bits per heavy atom. The van der Waals surface area contributed by atoms with Crippen molar-refractivity contribution in [3.05, 3.63) is 29.8 Å². The van der Waals surface area contributed by atoms with Crippen LogP contribution in [0.4, 0.5) is 5.69 Å². The molecule has 1 aliphatic heterocycles. The van der Waals surface area contributed by atoms with E-state index in [-0.39, 0.29) is 12.6 Å². The van der Waals surface area contributed by atoms with E-state index in [4.69, 9.17) is 9.84 Å². The number of nitrogens with zero attached hydrogens (tertiary/aromatic N) is 1. The minimum absolute atomic E-state index is 0.229. The summed E-state index contributed by atoms with van der Waals surface area (Å²) in [6.45, 7) is 2.00. The number of ether oxygens (including phenoxy) is 1. The lowest BCUT2D eigenvalue weighted by atomic mass is 10.1. The number of anilines is 1. The van der Waals surface area contributed by atoms with Gasteiger partial charge in [0.25, 0.3) is 0 Å². The number of hydrogen-bond acceptors (Lipinski definition) is 4. The maximum atomic E-state index is 11.4. The van der Waals surface area contributed by atoms with Crippen molar-refractivity contribution in [2.24, 2.45) is 5.92 Å². The molecule has 1 aliphatic rings. The first-order valence-corrected chi connectivity index (χ1v) is 5.78. The van der Waals surface area contributed by atoms with Crippen LogP contribution in [-0.4, -0.2) is 37.9 Å². The second-order valence-electron chi connectivity index (χ2n) is 4.33. The minimum Gasteiger partial charge on any atom is -0.465 e. The average molecular weight is 235 g/mol. The van der Waals surface area contributed by atoms with E-state index in [1.54, 1.807) is 6.07 Å². The van der Waals surface area contributed by atoms with Crippen LogP contribution in [0.25, 0.3) is 0 Å². The van der Waals surface area contributed by atoms with E-state index in [0.29, 0.717) is 11.5 Å². The molecule has 1 unspecified atom stereocenters. The van der Waals surface area contributed by atoms with E-state index in [2.05, 4.69) is 4.90 Å². The van der Waals surface area contributed by atoms with Gasteiger partial charge in [0, 0.05) is 31.3 Å². The lowest BCUT2D eigenvalue weighted by Gasteiger charge is -2.18. The Balaban J connectivity index is 2.14. The van der Waals surface area contributed by atoms with Gasteiger partial charge in [0.2, 0.25) is 0 Å². The van der Waals surface area contributed by atoms with Gasteiger partial charge in [-0.2, -0.15) is 0 Å². The molecule has 0 spiro atoms. The van der Waals surface area contributed by atoms with Crippen LogP contribution < -0.4 is 4.90 Å². The molecule has 0 amide bonds. The van der Waals surface area contributed by atoms with E-state index in [1.165, 1.54) is 7.11 Å². The number of aliphatic hydroxyl groups is 1. The van der Waals surface area contributed by atoms with Gasteiger partial charge in [-0.05, 0) is 24.6 Å². The van der Waals surface area contributed by atoms with Crippen LogP contribution in [0.3, 0.4) is 0 Å². The highest BCUT2D eigenvalue weighted by Crippen LogP contribution is 2.24. The predicted octanol–water partition coefficient (Wildman–Crippen LogP) is 1.29. The molecule has 4 nitrogen and oxygen atoms in total. The summed E-state index contributed by atoms with van der Waals surface area (Å²) in [5.41, 5.74) is 1.58. The van der Waals surface area contributed by atoms with Gasteiger partial charge in [-0.1, -0.05) is 6.07 Å². The molecule has 2 rings (SSSR count). The summed E-state index contributed by atoms with van der Waals surface area (Å²) in [4.78, 5) is 13.6. The van der Waals surface area contributed by atoms with Crippen LogP contribution in [0.1, 0.15) is 16.8 Å². The minimum atomic E-state index is -0.315. The van der Waals surface area contributed by atoms with Gasteiger partial charge in [-0.25, -0.2) is 4.79 Å². The Morgan fingerprint density at radius 2 is 2.41 bits per heavy atom. The van der Waals surface area contributed by atoms with Crippen LogP contribution >= 0.6 is 0 Å². The van der Waals surface area contributed by atoms with E-state index in [0.717, 1.165) is 25.2 Å². The Hall–Kier alpha value is -1.55. The standard InChI is InChI=1S/C13H17NO3/c1-17-13(16)11-3-2-4-12(7-11)14-6-5-10(8-14)9-15/h2-4,7,10,15H,5-6,8-9H2,1H3. The Morgan fingerprint density at radius 1 is 1.59 bits per heavy atom. The zero-order valence-electron chi connectivity index (χ0n) is 9.93. The first kappa shape index (κ1) is 11.9. The number of benzene rings is 1. The first-order chi connectivity index (χ1) is 8.24. The summed E-state index contributed by atoms with van der Waals surface area (Å²) in [6.07, 6.45) is 0.999. The van der Waals surface area contributed by atoms with Crippen molar-refractivity contribution in [1.29, 1.82) is 0 Å². The number of methoxy groups -OCH3 is 1. The number of rotatable bonds is 3. The molecule has 17 heavy (non-hydrogen) atoms. The number of aliphatic hydroxyl groups excluding tert-OH is 1.